The Hall–Kier alpha value is -3.16. The van der Waals surface area contributed by atoms with E-state index in [2.05, 4.69) is 10.6 Å². The Kier molecular flexibility index (Phi) is 12.8. The highest BCUT2D eigenvalue weighted by Crippen LogP contribution is 2.07. The van der Waals surface area contributed by atoms with Crippen LogP contribution in [0.1, 0.15) is 25.3 Å². The molecule has 1 aromatic rings. The molecule has 3 amide bonds. The molecule has 194 valence electrons. The molecule has 0 spiro atoms. The van der Waals surface area contributed by atoms with Crippen LogP contribution in [0.2, 0.25) is 0 Å². The summed E-state index contributed by atoms with van der Waals surface area (Å²) in [5.41, 5.74) is 6.61. The van der Waals surface area contributed by atoms with Crippen LogP contribution in [0.25, 0.3) is 0 Å². The summed E-state index contributed by atoms with van der Waals surface area (Å²) in [4.78, 5) is 60.4. The summed E-state index contributed by atoms with van der Waals surface area (Å²) in [6.07, 6.45) is -0.0648. The predicted molar refractivity (Wildman–Crippen MR) is 128 cm³/mol. The number of carboxylic acid groups (broad SMARTS) is 2. The standard InChI is InChI=1S/C22H32N4O8S/c1-12(27)18(21(32)25-16(22(33)34)11-17(28)29)26-20(31)15(10-13-6-4-3-5-7-13)24-19(30)14(23)8-9-35-2/h3-7,12,14-16,18,27H,8-11,23H2,1-2H3,(H,24,30)(H,25,32)(H,26,31)(H,28,29)(H,33,34). The number of nitrogens with one attached hydrogen (secondary N) is 3. The number of carbonyl (C=O) groups is 5. The minimum atomic E-state index is -1.77. The van der Waals surface area contributed by atoms with E-state index in [1.807, 2.05) is 11.6 Å². The molecule has 0 saturated heterocycles. The molecule has 35 heavy (non-hydrogen) atoms. The Morgan fingerprint density at radius 3 is 2.06 bits per heavy atom. The van der Waals surface area contributed by atoms with E-state index < -0.39 is 66.4 Å². The third-order valence-electron chi connectivity index (χ3n) is 4.94. The van der Waals surface area contributed by atoms with Crippen LogP contribution in [-0.2, 0) is 30.4 Å². The lowest BCUT2D eigenvalue weighted by Crippen LogP contribution is -2.60. The first-order valence-electron chi connectivity index (χ1n) is 10.8. The molecule has 0 radical (unpaired) electrons. The number of carboxylic acids is 2. The molecule has 0 aromatic heterocycles. The lowest BCUT2D eigenvalue weighted by molar-refractivity contribution is -0.148. The number of rotatable bonds is 15. The van der Waals surface area contributed by atoms with Gasteiger partial charge in [-0.2, -0.15) is 11.8 Å². The van der Waals surface area contributed by atoms with Gasteiger partial charge in [0.1, 0.15) is 18.1 Å². The number of aliphatic hydroxyl groups excluding tert-OH is 1. The molecular formula is C22H32N4O8S. The molecule has 0 bridgehead atoms. The highest BCUT2D eigenvalue weighted by Gasteiger charge is 2.33. The van der Waals surface area contributed by atoms with Gasteiger partial charge in [-0.05, 0) is 30.9 Å². The largest absolute Gasteiger partial charge is 0.481 e. The number of aliphatic carboxylic acids is 2. The third kappa shape index (κ3) is 10.8. The van der Waals surface area contributed by atoms with Crippen molar-refractivity contribution in [3.63, 3.8) is 0 Å². The van der Waals surface area contributed by atoms with Crippen LogP contribution in [0.5, 0.6) is 0 Å². The van der Waals surface area contributed by atoms with Gasteiger partial charge in [0, 0.05) is 6.42 Å². The van der Waals surface area contributed by atoms with Crippen LogP contribution < -0.4 is 21.7 Å². The number of nitrogens with two attached hydrogens (primary N) is 1. The van der Waals surface area contributed by atoms with E-state index in [9.17, 15) is 29.1 Å². The van der Waals surface area contributed by atoms with Crippen molar-refractivity contribution in [3.05, 3.63) is 35.9 Å². The molecule has 5 unspecified atom stereocenters. The smallest absolute Gasteiger partial charge is 0.326 e. The summed E-state index contributed by atoms with van der Waals surface area (Å²) in [7, 11) is 0. The predicted octanol–water partition coefficient (Wildman–Crippen LogP) is -1.30. The number of hydrogen-bond donors (Lipinski definition) is 7. The van der Waals surface area contributed by atoms with Crippen molar-refractivity contribution in [3.8, 4) is 0 Å². The van der Waals surface area contributed by atoms with Crippen molar-refractivity contribution in [1.82, 2.24) is 16.0 Å². The van der Waals surface area contributed by atoms with Crippen molar-refractivity contribution in [2.45, 2.75) is 56.5 Å². The molecule has 0 aliphatic rings. The molecular weight excluding hydrogens is 480 g/mol. The number of aliphatic hydroxyl groups is 1. The van der Waals surface area contributed by atoms with Crippen LogP contribution in [0, 0.1) is 0 Å². The van der Waals surface area contributed by atoms with E-state index in [1.54, 1.807) is 30.3 Å². The number of hydrogen-bond acceptors (Lipinski definition) is 8. The third-order valence-corrected chi connectivity index (χ3v) is 5.59. The summed E-state index contributed by atoms with van der Waals surface area (Å²) in [5, 5.41) is 34.9. The van der Waals surface area contributed by atoms with Gasteiger partial charge in [-0.1, -0.05) is 30.3 Å². The fourth-order valence-corrected chi connectivity index (χ4v) is 3.50. The number of benzene rings is 1. The normalized spacial score (nSPS) is 15.1. The molecule has 0 aliphatic heterocycles. The minimum Gasteiger partial charge on any atom is -0.481 e. The minimum absolute atomic E-state index is 0.0541. The Balaban J connectivity index is 3.05. The molecule has 13 heteroatoms. The number of amides is 3. The van der Waals surface area contributed by atoms with Crippen LogP contribution in [-0.4, -0.2) is 87.3 Å². The highest BCUT2D eigenvalue weighted by atomic mass is 32.2. The zero-order chi connectivity index (χ0) is 26.5. The van der Waals surface area contributed by atoms with Gasteiger partial charge in [0.05, 0.1) is 18.6 Å². The number of thioether (sulfide) groups is 1. The molecule has 12 nitrogen and oxygen atoms in total. The highest BCUT2D eigenvalue weighted by molar-refractivity contribution is 7.98. The molecule has 1 aromatic carbocycles. The van der Waals surface area contributed by atoms with E-state index in [0.717, 1.165) is 0 Å². The van der Waals surface area contributed by atoms with Crippen molar-refractivity contribution in [1.29, 1.82) is 0 Å². The van der Waals surface area contributed by atoms with Crippen LogP contribution in [0.3, 0.4) is 0 Å². The fraction of sp³-hybridized carbons (Fsp3) is 0.500. The van der Waals surface area contributed by atoms with Crippen molar-refractivity contribution in [2.75, 3.05) is 12.0 Å². The van der Waals surface area contributed by atoms with Gasteiger partial charge >= 0.3 is 11.9 Å². The van der Waals surface area contributed by atoms with Crippen molar-refractivity contribution < 1.29 is 39.3 Å². The van der Waals surface area contributed by atoms with E-state index >= 15 is 0 Å². The maximum Gasteiger partial charge on any atom is 0.326 e. The van der Waals surface area contributed by atoms with Gasteiger partial charge in [-0.25, -0.2) is 4.79 Å². The zero-order valence-electron chi connectivity index (χ0n) is 19.5. The maximum atomic E-state index is 13.1. The van der Waals surface area contributed by atoms with E-state index in [-0.39, 0.29) is 6.42 Å². The molecule has 0 fully saturated rings. The molecule has 1 rings (SSSR count). The summed E-state index contributed by atoms with van der Waals surface area (Å²) in [6, 6.07) is 3.34. The average molecular weight is 513 g/mol. The Bertz CT molecular complexity index is 883. The molecule has 0 aliphatic carbocycles. The van der Waals surface area contributed by atoms with Crippen LogP contribution in [0.15, 0.2) is 30.3 Å². The topological polar surface area (TPSA) is 208 Å². The molecule has 8 N–H and O–H groups in total. The average Bonchev–Trinajstić information content (AvgIpc) is 2.79. The summed E-state index contributed by atoms with van der Waals surface area (Å²) < 4.78 is 0. The zero-order valence-corrected chi connectivity index (χ0v) is 20.3. The first-order valence-corrected chi connectivity index (χ1v) is 12.2. The second-order valence-corrected chi connectivity index (χ2v) is 8.85. The van der Waals surface area contributed by atoms with Crippen molar-refractivity contribution >= 4 is 41.4 Å². The lowest BCUT2D eigenvalue weighted by atomic mass is 10.0. The van der Waals surface area contributed by atoms with Crippen LogP contribution >= 0.6 is 11.8 Å². The van der Waals surface area contributed by atoms with Gasteiger partial charge in [0.2, 0.25) is 17.7 Å². The Morgan fingerprint density at radius 1 is 0.943 bits per heavy atom. The Labute approximate surface area is 207 Å². The molecule has 5 atom stereocenters. The molecule has 0 saturated carbocycles. The first-order chi connectivity index (χ1) is 16.5. The van der Waals surface area contributed by atoms with E-state index in [4.69, 9.17) is 15.9 Å². The van der Waals surface area contributed by atoms with Crippen molar-refractivity contribution in [2.24, 2.45) is 5.73 Å². The lowest BCUT2D eigenvalue weighted by Gasteiger charge is -2.26. The summed E-state index contributed by atoms with van der Waals surface area (Å²) >= 11 is 1.51. The van der Waals surface area contributed by atoms with Gasteiger partial charge in [-0.15, -0.1) is 0 Å². The first kappa shape index (κ1) is 29.9. The van der Waals surface area contributed by atoms with E-state index in [1.165, 1.54) is 18.7 Å². The summed E-state index contributed by atoms with van der Waals surface area (Å²) in [6.45, 7) is 1.20. The Morgan fingerprint density at radius 2 is 1.54 bits per heavy atom. The SMILES string of the molecule is CSCCC(N)C(=O)NC(Cc1ccccc1)C(=O)NC(C(=O)NC(CC(=O)O)C(=O)O)C(C)O. The quantitative estimate of drug-likeness (QED) is 0.148. The monoisotopic (exact) mass is 512 g/mol. The van der Waals surface area contributed by atoms with E-state index in [0.29, 0.717) is 17.7 Å². The summed E-state index contributed by atoms with van der Waals surface area (Å²) in [5.74, 6) is -4.90. The molecule has 0 heterocycles. The fourth-order valence-electron chi connectivity index (χ4n) is 3.01. The van der Waals surface area contributed by atoms with Gasteiger partial charge in [0.25, 0.3) is 0 Å². The van der Waals surface area contributed by atoms with Gasteiger partial charge in [-0.3, -0.25) is 19.2 Å². The second-order valence-electron chi connectivity index (χ2n) is 7.86. The van der Waals surface area contributed by atoms with Crippen LogP contribution in [0.4, 0.5) is 0 Å². The number of carbonyl (C=O) groups excluding carboxylic acids is 3. The van der Waals surface area contributed by atoms with Gasteiger partial charge < -0.3 is 37.0 Å². The maximum absolute atomic E-state index is 13.1. The van der Waals surface area contributed by atoms with Gasteiger partial charge in [0.15, 0.2) is 0 Å². The second kappa shape index (κ2) is 15.0.